The molecule has 0 aromatic heterocycles. The largest absolute Gasteiger partial charge is 0.481 e. The summed E-state index contributed by atoms with van der Waals surface area (Å²) in [5.74, 6) is -0.833. The predicted octanol–water partition coefficient (Wildman–Crippen LogP) is 0.624. The van der Waals surface area contributed by atoms with Crippen molar-refractivity contribution < 1.29 is 14.6 Å². The molecule has 2 fully saturated rings. The van der Waals surface area contributed by atoms with Crippen molar-refractivity contribution in [1.82, 2.24) is 5.01 Å². The van der Waals surface area contributed by atoms with Gasteiger partial charge >= 0.3 is 5.97 Å². The highest BCUT2D eigenvalue weighted by Crippen LogP contribution is 2.41. The number of rotatable bonds is 3. The minimum absolute atomic E-state index is 0.0337. The van der Waals surface area contributed by atoms with Gasteiger partial charge in [0.2, 0.25) is 0 Å². The standard InChI is InChI=1S/C9H14N2O4/c12-8(13)3-7-4-9(6-15-7)1-2-11(5-9)10-14/h7H,1-6H2,(H,12,13). The molecule has 0 aliphatic carbocycles. The molecular formula is C9H14N2O4. The molecule has 2 heterocycles. The highest BCUT2D eigenvalue weighted by molar-refractivity contribution is 5.67. The second kappa shape index (κ2) is 3.77. The highest BCUT2D eigenvalue weighted by Gasteiger charge is 2.45. The summed E-state index contributed by atoms with van der Waals surface area (Å²) in [6, 6.07) is 0. The van der Waals surface area contributed by atoms with E-state index in [0.29, 0.717) is 19.7 Å². The number of carboxylic acid groups (broad SMARTS) is 1. The minimum Gasteiger partial charge on any atom is -0.481 e. The van der Waals surface area contributed by atoms with Crippen molar-refractivity contribution in [3.05, 3.63) is 4.91 Å². The van der Waals surface area contributed by atoms with E-state index in [1.165, 1.54) is 5.01 Å². The first-order chi connectivity index (χ1) is 7.13. The zero-order valence-corrected chi connectivity index (χ0v) is 8.39. The van der Waals surface area contributed by atoms with Crippen LogP contribution in [0.3, 0.4) is 0 Å². The topological polar surface area (TPSA) is 79.2 Å². The highest BCUT2D eigenvalue weighted by atomic mass is 16.5. The Morgan fingerprint density at radius 3 is 3.07 bits per heavy atom. The van der Waals surface area contributed by atoms with Crippen LogP contribution in [-0.4, -0.2) is 41.9 Å². The number of nitrogens with zero attached hydrogens (tertiary/aromatic N) is 2. The summed E-state index contributed by atoms with van der Waals surface area (Å²) in [4.78, 5) is 20.9. The van der Waals surface area contributed by atoms with Crippen molar-refractivity contribution in [1.29, 1.82) is 0 Å². The summed E-state index contributed by atoms with van der Waals surface area (Å²) in [5, 5.41) is 13.0. The second-order valence-electron chi connectivity index (χ2n) is 4.45. The van der Waals surface area contributed by atoms with Gasteiger partial charge < -0.3 is 9.84 Å². The molecule has 2 rings (SSSR count). The van der Waals surface area contributed by atoms with Crippen LogP contribution in [0.25, 0.3) is 0 Å². The third-order valence-corrected chi connectivity index (χ3v) is 3.22. The molecule has 84 valence electrons. The summed E-state index contributed by atoms with van der Waals surface area (Å²) in [7, 11) is 0. The zero-order chi connectivity index (χ0) is 10.9. The van der Waals surface area contributed by atoms with E-state index in [9.17, 15) is 9.70 Å². The van der Waals surface area contributed by atoms with E-state index in [0.717, 1.165) is 12.8 Å². The Morgan fingerprint density at radius 2 is 2.47 bits per heavy atom. The lowest BCUT2D eigenvalue weighted by molar-refractivity contribution is -0.139. The fourth-order valence-electron chi connectivity index (χ4n) is 2.49. The van der Waals surface area contributed by atoms with Crippen molar-refractivity contribution in [3.63, 3.8) is 0 Å². The SMILES string of the molecule is O=NN1CCC2(COC(CC(=O)O)C2)C1. The molecule has 2 atom stereocenters. The summed E-state index contributed by atoms with van der Waals surface area (Å²) in [5.41, 5.74) is -0.0337. The number of nitroso groups, excluding NO2 is 1. The van der Waals surface area contributed by atoms with E-state index >= 15 is 0 Å². The van der Waals surface area contributed by atoms with E-state index in [1.54, 1.807) is 0 Å². The lowest BCUT2D eigenvalue weighted by Gasteiger charge is -2.19. The van der Waals surface area contributed by atoms with Crippen molar-refractivity contribution >= 4 is 5.97 Å². The summed E-state index contributed by atoms with van der Waals surface area (Å²) in [6.45, 7) is 1.82. The smallest absolute Gasteiger partial charge is 0.305 e. The molecule has 2 unspecified atom stereocenters. The van der Waals surface area contributed by atoms with Gasteiger partial charge in [0.05, 0.1) is 24.4 Å². The van der Waals surface area contributed by atoms with Crippen molar-refractivity contribution in [2.75, 3.05) is 19.7 Å². The molecule has 6 nitrogen and oxygen atoms in total. The van der Waals surface area contributed by atoms with Crippen LogP contribution in [0.2, 0.25) is 0 Å². The number of hydrogen-bond acceptors (Lipinski definition) is 4. The van der Waals surface area contributed by atoms with Crippen molar-refractivity contribution in [2.45, 2.75) is 25.4 Å². The molecule has 2 saturated heterocycles. The van der Waals surface area contributed by atoms with Crippen LogP contribution in [0.1, 0.15) is 19.3 Å². The average molecular weight is 214 g/mol. The minimum atomic E-state index is -0.833. The Kier molecular flexibility index (Phi) is 2.60. The molecule has 6 heteroatoms. The Hall–Kier alpha value is -1.17. The normalized spacial score (nSPS) is 34.9. The average Bonchev–Trinajstić information content (AvgIpc) is 2.74. The first-order valence-corrected chi connectivity index (χ1v) is 5.05. The lowest BCUT2D eigenvalue weighted by atomic mass is 9.84. The number of aliphatic carboxylic acids is 1. The Labute approximate surface area is 87.1 Å². The molecule has 0 saturated carbocycles. The van der Waals surface area contributed by atoms with Crippen LogP contribution in [0.5, 0.6) is 0 Å². The van der Waals surface area contributed by atoms with E-state index in [1.807, 2.05) is 0 Å². The quantitative estimate of drug-likeness (QED) is 0.697. The fraction of sp³-hybridized carbons (Fsp3) is 0.889. The van der Waals surface area contributed by atoms with Gasteiger partial charge in [0.15, 0.2) is 0 Å². The van der Waals surface area contributed by atoms with E-state index in [4.69, 9.17) is 9.84 Å². The van der Waals surface area contributed by atoms with Crippen molar-refractivity contribution in [2.24, 2.45) is 10.7 Å². The first-order valence-electron chi connectivity index (χ1n) is 5.05. The molecule has 0 radical (unpaired) electrons. The Morgan fingerprint density at radius 1 is 1.67 bits per heavy atom. The molecule has 0 aromatic carbocycles. The molecule has 0 amide bonds. The second-order valence-corrected chi connectivity index (χ2v) is 4.45. The number of hydrogen-bond donors (Lipinski definition) is 1. The molecule has 2 aliphatic heterocycles. The maximum atomic E-state index is 10.5. The van der Waals surface area contributed by atoms with Crippen LogP contribution in [0.4, 0.5) is 0 Å². The fourth-order valence-corrected chi connectivity index (χ4v) is 2.49. The summed E-state index contributed by atoms with van der Waals surface area (Å²) < 4.78 is 5.44. The van der Waals surface area contributed by atoms with Crippen LogP contribution >= 0.6 is 0 Å². The summed E-state index contributed by atoms with van der Waals surface area (Å²) in [6.07, 6.45) is 1.45. The Bertz CT molecular complexity index is 283. The van der Waals surface area contributed by atoms with E-state index in [2.05, 4.69) is 5.29 Å². The Balaban J connectivity index is 1.91. The van der Waals surface area contributed by atoms with Crippen LogP contribution in [0, 0.1) is 10.3 Å². The van der Waals surface area contributed by atoms with Gasteiger partial charge in [-0.25, -0.2) is 0 Å². The molecule has 1 N–H and O–H groups in total. The predicted molar refractivity (Wildman–Crippen MR) is 51.0 cm³/mol. The van der Waals surface area contributed by atoms with Gasteiger partial charge in [-0.05, 0) is 12.8 Å². The number of carboxylic acids is 1. The van der Waals surface area contributed by atoms with Gasteiger partial charge in [-0.3, -0.25) is 9.80 Å². The van der Waals surface area contributed by atoms with E-state index < -0.39 is 5.97 Å². The van der Waals surface area contributed by atoms with Gasteiger partial charge in [0.1, 0.15) is 0 Å². The molecular weight excluding hydrogens is 200 g/mol. The number of carbonyl (C=O) groups is 1. The molecule has 15 heavy (non-hydrogen) atoms. The molecule has 2 aliphatic rings. The van der Waals surface area contributed by atoms with Gasteiger partial charge in [-0.2, -0.15) is 0 Å². The third kappa shape index (κ3) is 2.09. The number of ether oxygens (including phenoxy) is 1. The maximum Gasteiger partial charge on any atom is 0.305 e. The van der Waals surface area contributed by atoms with Crippen molar-refractivity contribution in [3.8, 4) is 0 Å². The molecule has 0 bridgehead atoms. The zero-order valence-electron chi connectivity index (χ0n) is 8.39. The summed E-state index contributed by atoms with van der Waals surface area (Å²) >= 11 is 0. The molecule has 1 spiro atoms. The van der Waals surface area contributed by atoms with Gasteiger partial charge in [0, 0.05) is 18.5 Å². The third-order valence-electron chi connectivity index (χ3n) is 3.22. The lowest BCUT2D eigenvalue weighted by Crippen LogP contribution is -2.25. The van der Waals surface area contributed by atoms with Gasteiger partial charge in [-0.1, -0.05) is 0 Å². The molecule has 0 aromatic rings. The maximum absolute atomic E-state index is 10.5. The van der Waals surface area contributed by atoms with Gasteiger partial charge in [-0.15, -0.1) is 4.91 Å². The van der Waals surface area contributed by atoms with E-state index in [-0.39, 0.29) is 17.9 Å². The monoisotopic (exact) mass is 214 g/mol. The first kappa shape index (κ1) is 10.4. The van der Waals surface area contributed by atoms with Gasteiger partial charge in [0.25, 0.3) is 0 Å². The van der Waals surface area contributed by atoms with Crippen LogP contribution < -0.4 is 0 Å². The van der Waals surface area contributed by atoms with Crippen LogP contribution in [-0.2, 0) is 9.53 Å². The van der Waals surface area contributed by atoms with Crippen LogP contribution in [0.15, 0.2) is 5.29 Å².